The Morgan fingerprint density at radius 3 is 2.47 bits per heavy atom. The minimum Gasteiger partial charge on any atom is -0.155 e. The van der Waals surface area contributed by atoms with Gasteiger partial charge in [-0.25, -0.2) is 0 Å². The number of hydrogen-bond donors (Lipinski definition) is 0. The SMILES string of the molecule is CC1(C)CC2CC3CCC2(CS1)C3(C)C. The minimum absolute atomic E-state index is 0.552. The van der Waals surface area contributed by atoms with Gasteiger partial charge in [-0.2, -0.15) is 11.8 Å². The molecule has 0 aromatic carbocycles. The molecule has 15 heavy (non-hydrogen) atoms. The average molecular weight is 224 g/mol. The van der Waals surface area contributed by atoms with E-state index < -0.39 is 0 Å². The van der Waals surface area contributed by atoms with Crippen molar-refractivity contribution in [3.05, 3.63) is 0 Å². The lowest BCUT2D eigenvalue weighted by Crippen LogP contribution is -2.45. The zero-order valence-corrected chi connectivity index (χ0v) is 11.4. The van der Waals surface area contributed by atoms with Crippen LogP contribution in [0.5, 0.6) is 0 Å². The van der Waals surface area contributed by atoms with Gasteiger partial charge in [-0.3, -0.25) is 0 Å². The van der Waals surface area contributed by atoms with Gasteiger partial charge in [0, 0.05) is 10.5 Å². The molecule has 0 aromatic heterocycles. The van der Waals surface area contributed by atoms with Crippen LogP contribution < -0.4 is 0 Å². The Bertz CT molecular complexity index is 292. The van der Waals surface area contributed by atoms with Gasteiger partial charge in [-0.15, -0.1) is 0 Å². The molecule has 3 unspecified atom stereocenters. The largest absolute Gasteiger partial charge is 0.155 e. The summed E-state index contributed by atoms with van der Waals surface area (Å²) in [6.45, 7) is 10.0. The van der Waals surface area contributed by atoms with E-state index in [0.717, 1.165) is 17.3 Å². The first-order valence-corrected chi connectivity index (χ1v) is 7.50. The molecule has 86 valence electrons. The maximum Gasteiger partial charge on any atom is 0.0106 e. The Hall–Kier alpha value is 0.350. The van der Waals surface area contributed by atoms with Crippen molar-refractivity contribution in [1.82, 2.24) is 0 Å². The Balaban J connectivity index is 1.96. The van der Waals surface area contributed by atoms with Crippen molar-refractivity contribution in [2.75, 3.05) is 5.75 Å². The second-order valence-corrected chi connectivity index (χ2v) is 8.98. The molecule has 0 aromatic rings. The molecule has 0 radical (unpaired) electrons. The van der Waals surface area contributed by atoms with Crippen LogP contribution in [0.25, 0.3) is 0 Å². The standard InChI is InChI=1S/C14H24S/c1-12(2)8-11-7-10-5-6-14(11,9-15-12)13(10,3)4/h10-11H,5-9H2,1-4H3. The zero-order valence-electron chi connectivity index (χ0n) is 10.6. The first kappa shape index (κ1) is 10.5. The van der Waals surface area contributed by atoms with Crippen molar-refractivity contribution in [2.24, 2.45) is 22.7 Å². The lowest BCUT2D eigenvalue weighted by molar-refractivity contribution is 0.0913. The van der Waals surface area contributed by atoms with Crippen LogP contribution in [-0.2, 0) is 0 Å². The van der Waals surface area contributed by atoms with Gasteiger partial charge in [-0.05, 0) is 48.3 Å². The van der Waals surface area contributed by atoms with E-state index in [0.29, 0.717) is 10.2 Å². The fourth-order valence-corrected chi connectivity index (χ4v) is 6.58. The summed E-state index contributed by atoms with van der Waals surface area (Å²) in [5.41, 5.74) is 1.36. The summed E-state index contributed by atoms with van der Waals surface area (Å²) in [5, 5.41) is 0. The van der Waals surface area contributed by atoms with E-state index in [1.54, 1.807) is 0 Å². The van der Waals surface area contributed by atoms with Crippen molar-refractivity contribution >= 4 is 11.8 Å². The molecular weight excluding hydrogens is 200 g/mol. The molecule has 2 bridgehead atoms. The van der Waals surface area contributed by atoms with Crippen molar-refractivity contribution in [1.29, 1.82) is 0 Å². The van der Waals surface area contributed by atoms with Crippen molar-refractivity contribution in [3.63, 3.8) is 0 Å². The van der Waals surface area contributed by atoms with E-state index in [2.05, 4.69) is 39.5 Å². The van der Waals surface area contributed by atoms with E-state index in [-0.39, 0.29) is 0 Å². The lowest BCUT2D eigenvalue weighted by atomic mass is 9.64. The summed E-state index contributed by atoms with van der Waals surface area (Å²) < 4.78 is 0.552. The summed E-state index contributed by atoms with van der Waals surface area (Å²) in [5.74, 6) is 3.52. The van der Waals surface area contributed by atoms with Gasteiger partial charge in [0.1, 0.15) is 0 Å². The van der Waals surface area contributed by atoms with Gasteiger partial charge in [0.05, 0.1) is 0 Å². The maximum atomic E-state index is 2.56. The van der Waals surface area contributed by atoms with Crippen LogP contribution in [0, 0.1) is 22.7 Å². The molecule has 3 atom stereocenters. The fourth-order valence-electron chi connectivity index (χ4n) is 4.86. The molecule has 1 saturated heterocycles. The second kappa shape index (κ2) is 2.78. The fraction of sp³-hybridized carbons (Fsp3) is 1.00. The molecule has 2 aliphatic carbocycles. The number of hydrogen-bond acceptors (Lipinski definition) is 1. The molecule has 1 aliphatic heterocycles. The van der Waals surface area contributed by atoms with E-state index in [4.69, 9.17) is 0 Å². The van der Waals surface area contributed by atoms with Gasteiger partial charge in [0.2, 0.25) is 0 Å². The molecule has 3 rings (SSSR count). The number of thioether (sulfide) groups is 1. The second-order valence-electron chi connectivity index (χ2n) is 7.30. The van der Waals surface area contributed by atoms with E-state index in [1.807, 2.05) is 0 Å². The maximum absolute atomic E-state index is 2.56. The smallest absolute Gasteiger partial charge is 0.0106 e. The Labute approximate surface area is 98.6 Å². The van der Waals surface area contributed by atoms with Gasteiger partial charge in [0.15, 0.2) is 0 Å². The van der Waals surface area contributed by atoms with Gasteiger partial charge >= 0.3 is 0 Å². The first-order valence-electron chi connectivity index (χ1n) is 6.51. The Morgan fingerprint density at radius 1 is 1.07 bits per heavy atom. The third-order valence-electron chi connectivity index (χ3n) is 6.05. The molecule has 0 N–H and O–H groups in total. The highest BCUT2D eigenvalue weighted by molar-refractivity contribution is 8.00. The molecule has 3 aliphatic rings. The van der Waals surface area contributed by atoms with Crippen molar-refractivity contribution in [3.8, 4) is 0 Å². The predicted molar refractivity (Wildman–Crippen MR) is 68.2 cm³/mol. The summed E-state index contributed by atoms with van der Waals surface area (Å²) in [7, 11) is 0. The molecule has 3 fully saturated rings. The first-order chi connectivity index (χ1) is 6.87. The van der Waals surface area contributed by atoms with E-state index in [1.165, 1.54) is 31.4 Å². The highest BCUT2D eigenvalue weighted by Gasteiger charge is 2.65. The normalized spacial score (nSPS) is 50.4. The number of rotatable bonds is 0. The monoisotopic (exact) mass is 224 g/mol. The predicted octanol–water partition coefficient (Wildman–Crippen LogP) is 4.34. The molecule has 0 amide bonds. The molecular formula is C14H24S. The van der Waals surface area contributed by atoms with Crippen molar-refractivity contribution < 1.29 is 0 Å². The van der Waals surface area contributed by atoms with Crippen LogP contribution in [0.4, 0.5) is 0 Å². The molecule has 0 nitrogen and oxygen atoms in total. The van der Waals surface area contributed by atoms with E-state index in [9.17, 15) is 0 Å². The Kier molecular flexibility index (Phi) is 1.94. The third kappa shape index (κ3) is 1.16. The van der Waals surface area contributed by atoms with Gasteiger partial charge < -0.3 is 0 Å². The summed E-state index contributed by atoms with van der Waals surface area (Å²) in [6.07, 6.45) is 6.05. The third-order valence-corrected chi connectivity index (χ3v) is 7.66. The number of fused-ring (bicyclic) bond motifs is 1. The minimum atomic E-state index is 0.552. The highest BCUT2D eigenvalue weighted by Crippen LogP contribution is 2.73. The summed E-state index contributed by atoms with van der Waals surface area (Å²) in [6, 6.07) is 0. The van der Waals surface area contributed by atoms with Crippen LogP contribution in [0.3, 0.4) is 0 Å². The molecule has 2 saturated carbocycles. The summed E-state index contributed by atoms with van der Waals surface area (Å²) in [4.78, 5) is 0. The van der Waals surface area contributed by atoms with E-state index >= 15 is 0 Å². The van der Waals surface area contributed by atoms with Crippen LogP contribution in [0.1, 0.15) is 53.4 Å². The lowest BCUT2D eigenvalue weighted by Gasteiger charge is -2.50. The van der Waals surface area contributed by atoms with Gasteiger partial charge in [0.25, 0.3) is 0 Å². The topological polar surface area (TPSA) is 0 Å². The summed E-state index contributed by atoms with van der Waals surface area (Å²) >= 11 is 2.25. The molecule has 1 spiro atoms. The van der Waals surface area contributed by atoms with Crippen molar-refractivity contribution in [2.45, 2.75) is 58.1 Å². The Morgan fingerprint density at radius 2 is 1.80 bits per heavy atom. The molecule has 1 heterocycles. The van der Waals surface area contributed by atoms with Crippen LogP contribution in [0.15, 0.2) is 0 Å². The van der Waals surface area contributed by atoms with Gasteiger partial charge in [-0.1, -0.05) is 27.7 Å². The average Bonchev–Trinajstić information content (AvgIpc) is 2.48. The quantitative estimate of drug-likeness (QED) is 0.589. The van der Waals surface area contributed by atoms with Crippen LogP contribution in [0.2, 0.25) is 0 Å². The van der Waals surface area contributed by atoms with Crippen LogP contribution >= 0.6 is 11.8 Å². The highest BCUT2D eigenvalue weighted by atomic mass is 32.2. The van der Waals surface area contributed by atoms with Crippen LogP contribution in [-0.4, -0.2) is 10.5 Å². The zero-order chi connectivity index (χ0) is 10.9. The molecule has 1 heteroatoms.